The summed E-state index contributed by atoms with van der Waals surface area (Å²) < 4.78 is 0. The molecule has 7 rings (SSSR count). The Balaban J connectivity index is 1.05. The first-order valence-electron chi connectivity index (χ1n) is 15.6. The van der Waals surface area contributed by atoms with Crippen molar-refractivity contribution in [2.75, 3.05) is 31.5 Å². The maximum Gasteiger partial charge on any atom is 0.322 e. The lowest BCUT2D eigenvalue weighted by Gasteiger charge is -2.41. The standard InChI is InChI=1S/C32H38N8O4/c1-20(41)37-12-8-23(9-13-37)39-19-26-21(6-7-28-25(26)17-33-36-28)16-29(30(39)42)35-31(43)38-14-10-24(11-15-38)40-18-22-4-2-3-5-27(22)34-32(40)44/h2-7,17,23-24,29H,8-16,18-19H2,1H3,(H,33,36)(H,34,44)(H,35,43). The van der Waals surface area contributed by atoms with Gasteiger partial charge in [0.15, 0.2) is 0 Å². The van der Waals surface area contributed by atoms with Crippen LogP contribution in [0, 0.1) is 0 Å². The fourth-order valence-electron chi connectivity index (χ4n) is 7.31. The molecule has 3 N–H and O–H groups in total. The van der Waals surface area contributed by atoms with E-state index in [0.29, 0.717) is 71.4 Å². The third-order valence-electron chi connectivity index (χ3n) is 9.87. The Labute approximate surface area is 255 Å². The second kappa shape index (κ2) is 11.5. The van der Waals surface area contributed by atoms with Gasteiger partial charge in [0.1, 0.15) is 6.04 Å². The van der Waals surface area contributed by atoms with Crippen LogP contribution >= 0.6 is 0 Å². The number of benzene rings is 2. The SMILES string of the molecule is CC(=O)N1CCC(N2Cc3c(ccc4[nH]ncc34)CC(NC(=O)N3CCC(N4Cc5ccccc5NC4=O)CC3)C2=O)CC1. The molecule has 5 heterocycles. The number of anilines is 1. The summed E-state index contributed by atoms with van der Waals surface area (Å²) in [4.78, 5) is 59.9. The molecular formula is C32H38N8O4. The van der Waals surface area contributed by atoms with Gasteiger partial charge >= 0.3 is 12.1 Å². The van der Waals surface area contributed by atoms with Gasteiger partial charge in [-0.25, -0.2) is 9.59 Å². The number of hydrogen-bond donors (Lipinski definition) is 3. The largest absolute Gasteiger partial charge is 0.343 e. The predicted octanol–water partition coefficient (Wildman–Crippen LogP) is 3.05. The van der Waals surface area contributed by atoms with Crippen LogP contribution < -0.4 is 10.6 Å². The molecule has 6 amide bonds. The first-order chi connectivity index (χ1) is 21.4. The molecule has 1 atom stereocenters. The Hall–Kier alpha value is -4.61. The van der Waals surface area contributed by atoms with E-state index in [4.69, 9.17) is 0 Å². The molecule has 0 saturated carbocycles. The molecule has 3 aromatic rings. The van der Waals surface area contributed by atoms with Crippen LogP contribution in [0.1, 0.15) is 49.3 Å². The smallest absolute Gasteiger partial charge is 0.322 e. The first kappa shape index (κ1) is 28.2. The number of aromatic amines is 1. The van der Waals surface area contributed by atoms with E-state index in [2.05, 4.69) is 20.8 Å². The normalized spacial score (nSPS) is 21.5. The Kier molecular flexibility index (Phi) is 7.35. The van der Waals surface area contributed by atoms with Crippen LogP contribution in [-0.4, -0.2) is 98.0 Å². The number of nitrogens with zero attached hydrogens (tertiary/aromatic N) is 5. The molecule has 2 aromatic carbocycles. The van der Waals surface area contributed by atoms with Crippen molar-refractivity contribution in [3.8, 4) is 0 Å². The highest BCUT2D eigenvalue weighted by Crippen LogP contribution is 2.31. The molecule has 1 aromatic heterocycles. The molecule has 0 bridgehead atoms. The summed E-state index contributed by atoms with van der Waals surface area (Å²) in [5.74, 6) is -0.0401. The van der Waals surface area contributed by atoms with Crippen molar-refractivity contribution in [2.24, 2.45) is 0 Å². The minimum Gasteiger partial charge on any atom is -0.343 e. The van der Waals surface area contributed by atoms with Gasteiger partial charge in [-0.2, -0.15) is 5.10 Å². The van der Waals surface area contributed by atoms with E-state index in [-0.39, 0.29) is 36.0 Å². The zero-order valence-electron chi connectivity index (χ0n) is 24.9. The van der Waals surface area contributed by atoms with Crippen LogP contribution in [0.2, 0.25) is 0 Å². The molecule has 2 fully saturated rings. The van der Waals surface area contributed by atoms with Gasteiger partial charge in [0.2, 0.25) is 11.8 Å². The van der Waals surface area contributed by atoms with Crippen LogP contribution in [0.5, 0.6) is 0 Å². The average molecular weight is 599 g/mol. The van der Waals surface area contributed by atoms with E-state index in [1.54, 1.807) is 18.0 Å². The molecule has 4 aliphatic heterocycles. The fraction of sp³-hybridized carbons (Fsp3) is 0.469. The summed E-state index contributed by atoms with van der Waals surface area (Å²) in [5, 5.41) is 14.3. The highest BCUT2D eigenvalue weighted by atomic mass is 16.2. The summed E-state index contributed by atoms with van der Waals surface area (Å²) >= 11 is 0. The fourth-order valence-corrected chi connectivity index (χ4v) is 7.31. The summed E-state index contributed by atoms with van der Waals surface area (Å²) in [7, 11) is 0. The first-order valence-corrected chi connectivity index (χ1v) is 15.6. The molecule has 1 unspecified atom stereocenters. The lowest BCUT2D eigenvalue weighted by atomic mass is 9.98. The van der Waals surface area contributed by atoms with Crippen LogP contribution in [0.4, 0.5) is 15.3 Å². The van der Waals surface area contributed by atoms with Crippen LogP contribution in [0.15, 0.2) is 42.6 Å². The number of H-pyrrole nitrogens is 1. The Morgan fingerprint density at radius 3 is 2.32 bits per heavy atom. The van der Waals surface area contributed by atoms with Gasteiger partial charge in [0, 0.05) is 75.8 Å². The number of nitrogens with one attached hydrogen (secondary N) is 3. The number of aromatic nitrogens is 2. The van der Waals surface area contributed by atoms with Gasteiger partial charge in [0.25, 0.3) is 0 Å². The number of amides is 6. The number of hydrogen-bond acceptors (Lipinski definition) is 5. The van der Waals surface area contributed by atoms with Crippen molar-refractivity contribution in [3.63, 3.8) is 0 Å². The quantitative estimate of drug-likeness (QED) is 0.426. The van der Waals surface area contributed by atoms with E-state index in [1.807, 2.05) is 51.1 Å². The highest BCUT2D eigenvalue weighted by Gasteiger charge is 2.38. The third-order valence-corrected chi connectivity index (χ3v) is 9.87. The van der Waals surface area contributed by atoms with Crippen molar-refractivity contribution in [2.45, 2.75) is 70.2 Å². The van der Waals surface area contributed by atoms with Crippen molar-refractivity contribution >= 4 is 40.5 Å². The second-order valence-corrected chi connectivity index (χ2v) is 12.4. The van der Waals surface area contributed by atoms with Gasteiger partial charge in [-0.15, -0.1) is 0 Å². The van der Waals surface area contributed by atoms with Gasteiger partial charge in [-0.3, -0.25) is 14.7 Å². The number of piperidine rings is 2. The number of carbonyl (C=O) groups is 4. The molecule has 12 heteroatoms. The van der Waals surface area contributed by atoms with Crippen LogP contribution in [0.3, 0.4) is 0 Å². The highest BCUT2D eigenvalue weighted by molar-refractivity contribution is 5.93. The van der Waals surface area contributed by atoms with Crippen molar-refractivity contribution in [1.82, 2.24) is 35.1 Å². The van der Waals surface area contributed by atoms with Gasteiger partial charge < -0.3 is 30.2 Å². The van der Waals surface area contributed by atoms with E-state index in [0.717, 1.165) is 33.3 Å². The van der Waals surface area contributed by atoms with E-state index < -0.39 is 6.04 Å². The summed E-state index contributed by atoms with van der Waals surface area (Å²) in [6, 6.07) is 10.8. The molecule has 12 nitrogen and oxygen atoms in total. The van der Waals surface area contributed by atoms with Crippen LogP contribution in [-0.2, 0) is 29.1 Å². The number of para-hydroxylation sites is 1. The van der Waals surface area contributed by atoms with Gasteiger partial charge in [-0.1, -0.05) is 24.3 Å². The molecule has 0 spiro atoms. The predicted molar refractivity (Wildman–Crippen MR) is 164 cm³/mol. The summed E-state index contributed by atoms with van der Waals surface area (Å²) in [6.45, 7) is 4.80. The maximum atomic E-state index is 14.2. The number of likely N-dealkylation sites (tertiary alicyclic amines) is 2. The van der Waals surface area contributed by atoms with Crippen molar-refractivity contribution in [3.05, 3.63) is 59.3 Å². The Morgan fingerprint density at radius 2 is 1.57 bits per heavy atom. The monoisotopic (exact) mass is 598 g/mol. The maximum absolute atomic E-state index is 14.2. The Bertz CT molecular complexity index is 1600. The van der Waals surface area contributed by atoms with Crippen molar-refractivity contribution in [1.29, 1.82) is 0 Å². The zero-order chi connectivity index (χ0) is 30.4. The summed E-state index contributed by atoms with van der Waals surface area (Å²) in [6.07, 6.45) is 4.94. The molecule has 230 valence electrons. The molecular weight excluding hydrogens is 560 g/mol. The average Bonchev–Trinajstić information content (AvgIpc) is 3.47. The number of carbonyl (C=O) groups excluding carboxylic acids is 4. The lowest BCUT2D eigenvalue weighted by Crippen LogP contribution is -2.57. The van der Waals surface area contributed by atoms with E-state index in [1.165, 1.54) is 0 Å². The number of fused-ring (bicyclic) bond motifs is 4. The minimum absolute atomic E-state index is 0.0258. The topological polar surface area (TPSA) is 134 Å². The number of urea groups is 2. The number of rotatable bonds is 3. The molecule has 4 aliphatic rings. The molecule has 0 aliphatic carbocycles. The zero-order valence-corrected chi connectivity index (χ0v) is 24.9. The summed E-state index contributed by atoms with van der Waals surface area (Å²) in [5.41, 5.74) is 4.93. The van der Waals surface area contributed by atoms with Gasteiger partial charge in [0.05, 0.1) is 11.7 Å². The third kappa shape index (κ3) is 5.22. The van der Waals surface area contributed by atoms with Gasteiger partial charge in [-0.05, 0) is 54.5 Å². The van der Waals surface area contributed by atoms with Crippen molar-refractivity contribution < 1.29 is 19.2 Å². The molecule has 2 saturated heterocycles. The second-order valence-electron chi connectivity index (χ2n) is 12.4. The Morgan fingerprint density at radius 1 is 0.864 bits per heavy atom. The lowest BCUT2D eigenvalue weighted by molar-refractivity contribution is -0.138. The van der Waals surface area contributed by atoms with Crippen LogP contribution in [0.25, 0.3) is 10.9 Å². The van der Waals surface area contributed by atoms with E-state index >= 15 is 0 Å². The molecule has 0 radical (unpaired) electrons. The van der Waals surface area contributed by atoms with E-state index in [9.17, 15) is 19.2 Å². The molecule has 44 heavy (non-hydrogen) atoms. The minimum atomic E-state index is -0.707.